The third kappa shape index (κ3) is 3.07. The van der Waals surface area contributed by atoms with Crippen molar-refractivity contribution in [3.05, 3.63) is 83.4 Å². The summed E-state index contributed by atoms with van der Waals surface area (Å²) in [6.45, 7) is 1.16. The number of rotatable bonds is 4. The van der Waals surface area contributed by atoms with E-state index in [1.54, 1.807) is 6.08 Å². The molecule has 3 aromatic carbocycles. The number of fused-ring (bicyclic) bond motifs is 2. The Balaban J connectivity index is 1.69. The van der Waals surface area contributed by atoms with Gasteiger partial charge in [0.2, 0.25) is 0 Å². The van der Waals surface area contributed by atoms with Crippen LogP contribution in [0.4, 0.5) is 5.69 Å². The predicted octanol–water partition coefficient (Wildman–Crippen LogP) is 3.99. The maximum atomic E-state index is 10.9. The smallest absolute Gasteiger partial charge is 0.328 e. The molecule has 0 spiro atoms. The zero-order valence-electron chi connectivity index (χ0n) is 14.2. The molecule has 0 radical (unpaired) electrons. The molecule has 2 N–H and O–H groups in total. The fraction of sp³-hybridized carbons (Fsp3) is 0.136. The summed E-state index contributed by atoms with van der Waals surface area (Å²) in [4.78, 5) is 13.0. The Labute approximate surface area is 151 Å². The van der Waals surface area contributed by atoms with Crippen molar-refractivity contribution in [2.75, 3.05) is 11.4 Å². The molecule has 0 bridgehead atoms. The van der Waals surface area contributed by atoms with E-state index in [0.717, 1.165) is 28.5 Å². The van der Waals surface area contributed by atoms with Crippen LogP contribution in [0, 0.1) is 0 Å². The Morgan fingerprint density at radius 2 is 1.88 bits per heavy atom. The van der Waals surface area contributed by atoms with E-state index in [1.165, 1.54) is 10.8 Å². The van der Waals surface area contributed by atoms with Crippen LogP contribution in [0.2, 0.25) is 0 Å². The molecular formula is C22H19NO3. The average molecular weight is 345 g/mol. The Morgan fingerprint density at radius 1 is 1.08 bits per heavy atom. The maximum absolute atomic E-state index is 10.9. The number of para-hydroxylation sites is 1. The summed E-state index contributed by atoms with van der Waals surface area (Å²) in [7, 11) is 0. The van der Waals surface area contributed by atoms with Crippen LogP contribution in [0.3, 0.4) is 0 Å². The van der Waals surface area contributed by atoms with Gasteiger partial charge in [0.1, 0.15) is 0 Å². The van der Waals surface area contributed by atoms with Crippen LogP contribution in [-0.4, -0.2) is 22.7 Å². The maximum Gasteiger partial charge on any atom is 0.328 e. The summed E-state index contributed by atoms with van der Waals surface area (Å²) in [6.07, 6.45) is 2.16. The number of aliphatic carboxylic acids is 1. The highest BCUT2D eigenvalue weighted by atomic mass is 16.4. The van der Waals surface area contributed by atoms with Gasteiger partial charge in [-0.15, -0.1) is 0 Å². The summed E-state index contributed by atoms with van der Waals surface area (Å²) in [5, 5.41) is 21.7. The number of hydrogen-bond acceptors (Lipinski definition) is 3. The van der Waals surface area contributed by atoms with Gasteiger partial charge in [0.15, 0.2) is 0 Å². The predicted molar refractivity (Wildman–Crippen MR) is 103 cm³/mol. The molecule has 0 fully saturated rings. The fourth-order valence-corrected chi connectivity index (χ4v) is 3.61. The van der Waals surface area contributed by atoms with E-state index in [1.807, 2.05) is 30.3 Å². The number of aliphatic hydroxyl groups is 1. The molecule has 26 heavy (non-hydrogen) atoms. The van der Waals surface area contributed by atoms with Crippen molar-refractivity contribution in [3.8, 4) is 0 Å². The quantitative estimate of drug-likeness (QED) is 0.702. The monoisotopic (exact) mass is 345 g/mol. The highest BCUT2D eigenvalue weighted by Gasteiger charge is 2.28. The Bertz CT molecular complexity index is 1010. The molecule has 4 rings (SSSR count). The number of nitrogens with zero attached hydrogens (tertiary/aromatic N) is 1. The lowest BCUT2D eigenvalue weighted by molar-refractivity contribution is -0.131. The third-order valence-electron chi connectivity index (χ3n) is 4.76. The van der Waals surface area contributed by atoms with Crippen LogP contribution < -0.4 is 4.90 Å². The average Bonchev–Trinajstić information content (AvgIpc) is 2.96. The molecule has 1 aliphatic rings. The van der Waals surface area contributed by atoms with Crippen molar-refractivity contribution in [2.45, 2.75) is 12.6 Å². The van der Waals surface area contributed by atoms with Crippen molar-refractivity contribution in [1.82, 2.24) is 0 Å². The van der Waals surface area contributed by atoms with Gasteiger partial charge in [-0.3, -0.25) is 0 Å². The van der Waals surface area contributed by atoms with Crippen LogP contribution in [0.25, 0.3) is 16.8 Å². The lowest BCUT2D eigenvalue weighted by Crippen LogP contribution is -2.21. The molecule has 0 amide bonds. The molecule has 1 heterocycles. The molecule has 1 atom stereocenters. The molecule has 0 saturated carbocycles. The molecule has 1 aliphatic heterocycles. The van der Waals surface area contributed by atoms with Gasteiger partial charge in [-0.2, -0.15) is 0 Å². The highest BCUT2D eigenvalue weighted by Crippen LogP contribution is 2.39. The van der Waals surface area contributed by atoms with Gasteiger partial charge in [0.25, 0.3) is 0 Å². The van der Waals surface area contributed by atoms with E-state index >= 15 is 0 Å². The number of hydrogen-bond donors (Lipinski definition) is 2. The number of β-amino-alcohol motifs (C(OH)–C–C–N with tert-alkyl or cyclic N) is 1. The van der Waals surface area contributed by atoms with E-state index in [-0.39, 0.29) is 0 Å². The molecule has 4 nitrogen and oxygen atoms in total. The lowest BCUT2D eigenvalue weighted by Gasteiger charge is -2.21. The number of carbonyl (C=O) groups is 1. The molecule has 0 aliphatic carbocycles. The number of carboxylic acid groups (broad SMARTS) is 1. The SMILES string of the molecule is O=C(O)C=Cc1cccc2c1N(Cc1ccc3ccccc3c1)C[C@@H]2O. The van der Waals surface area contributed by atoms with Crippen LogP contribution in [0.5, 0.6) is 0 Å². The topological polar surface area (TPSA) is 60.8 Å². The second kappa shape index (κ2) is 6.65. The van der Waals surface area contributed by atoms with Crippen LogP contribution in [0.15, 0.2) is 66.7 Å². The lowest BCUT2D eigenvalue weighted by atomic mass is 10.0. The van der Waals surface area contributed by atoms with Gasteiger partial charge >= 0.3 is 5.97 Å². The van der Waals surface area contributed by atoms with E-state index in [4.69, 9.17) is 5.11 Å². The normalized spacial score (nSPS) is 16.3. The summed E-state index contributed by atoms with van der Waals surface area (Å²) >= 11 is 0. The van der Waals surface area contributed by atoms with Crippen molar-refractivity contribution in [2.24, 2.45) is 0 Å². The summed E-state index contributed by atoms with van der Waals surface area (Å²) in [5.41, 5.74) is 3.71. The minimum Gasteiger partial charge on any atom is -0.478 e. The van der Waals surface area contributed by atoms with Gasteiger partial charge in [-0.25, -0.2) is 4.79 Å². The number of aliphatic hydroxyl groups excluding tert-OH is 1. The van der Waals surface area contributed by atoms with Gasteiger partial charge in [-0.1, -0.05) is 54.6 Å². The molecule has 4 heteroatoms. The first-order chi connectivity index (χ1) is 12.6. The van der Waals surface area contributed by atoms with Crippen LogP contribution in [-0.2, 0) is 11.3 Å². The van der Waals surface area contributed by atoms with Gasteiger partial charge < -0.3 is 15.1 Å². The summed E-state index contributed by atoms with van der Waals surface area (Å²) in [6, 6.07) is 20.2. The summed E-state index contributed by atoms with van der Waals surface area (Å²) in [5.74, 6) is -0.984. The minimum atomic E-state index is -0.984. The zero-order valence-corrected chi connectivity index (χ0v) is 14.2. The van der Waals surface area contributed by atoms with Crippen LogP contribution in [0.1, 0.15) is 22.8 Å². The standard InChI is InChI=1S/C22H19NO3/c24-20-14-23(13-15-8-9-16-4-1-2-5-18(16)12-15)22-17(10-11-21(25)26)6-3-7-19(20)22/h1-12,20,24H,13-14H2,(H,25,26)/t20-/m0/s1. The van der Waals surface area contributed by atoms with E-state index in [2.05, 4.69) is 35.2 Å². The zero-order chi connectivity index (χ0) is 18.1. The molecule has 0 unspecified atom stereocenters. The molecule has 130 valence electrons. The minimum absolute atomic E-state index is 0.500. The number of benzene rings is 3. The van der Waals surface area contributed by atoms with Crippen molar-refractivity contribution >= 4 is 28.5 Å². The molecule has 0 saturated heterocycles. The summed E-state index contributed by atoms with van der Waals surface area (Å²) < 4.78 is 0. The molecule has 0 aromatic heterocycles. The van der Waals surface area contributed by atoms with E-state index in [0.29, 0.717) is 13.1 Å². The van der Waals surface area contributed by atoms with Crippen molar-refractivity contribution < 1.29 is 15.0 Å². The number of carboxylic acids is 1. The first kappa shape index (κ1) is 16.4. The van der Waals surface area contributed by atoms with Crippen molar-refractivity contribution in [1.29, 1.82) is 0 Å². The third-order valence-corrected chi connectivity index (χ3v) is 4.76. The highest BCUT2D eigenvalue weighted by molar-refractivity contribution is 5.88. The molecular weight excluding hydrogens is 326 g/mol. The Hall–Kier alpha value is -3.11. The molecule has 3 aromatic rings. The van der Waals surface area contributed by atoms with Gasteiger partial charge in [0.05, 0.1) is 11.8 Å². The Kier molecular flexibility index (Phi) is 4.19. The first-order valence-electron chi connectivity index (χ1n) is 8.56. The largest absolute Gasteiger partial charge is 0.478 e. The second-order valence-corrected chi connectivity index (χ2v) is 6.53. The van der Waals surface area contributed by atoms with Gasteiger partial charge in [-0.05, 0) is 34.0 Å². The van der Waals surface area contributed by atoms with E-state index in [9.17, 15) is 9.90 Å². The van der Waals surface area contributed by atoms with Crippen LogP contribution >= 0.6 is 0 Å². The first-order valence-corrected chi connectivity index (χ1v) is 8.56. The van der Waals surface area contributed by atoms with Crippen molar-refractivity contribution in [3.63, 3.8) is 0 Å². The van der Waals surface area contributed by atoms with Gasteiger partial charge in [0, 0.05) is 24.7 Å². The fourth-order valence-electron chi connectivity index (χ4n) is 3.61. The Morgan fingerprint density at radius 3 is 2.69 bits per heavy atom. The van der Waals surface area contributed by atoms with E-state index < -0.39 is 12.1 Å². The number of anilines is 1. The second-order valence-electron chi connectivity index (χ2n) is 6.53.